The summed E-state index contributed by atoms with van der Waals surface area (Å²) in [6, 6.07) is -0.188. The number of hydrogen-bond donors (Lipinski definition) is 2. The maximum atomic E-state index is 13.3. The van der Waals surface area contributed by atoms with Crippen LogP contribution in [0.15, 0.2) is 0 Å². The Kier molecular flexibility index (Phi) is 13.4. The number of piperazine rings is 1. The molecule has 1 heterocycles. The van der Waals surface area contributed by atoms with Crippen LogP contribution in [-0.2, 0) is 9.59 Å². The van der Waals surface area contributed by atoms with Gasteiger partial charge in [0.2, 0.25) is 11.8 Å². The van der Waals surface area contributed by atoms with E-state index < -0.39 is 6.04 Å². The molecule has 0 radical (unpaired) electrons. The quantitative estimate of drug-likeness (QED) is 0.372. The Morgan fingerprint density at radius 1 is 0.824 bits per heavy atom. The molecular weight excluding hydrogens is 428 g/mol. The molecule has 0 aromatic rings. The number of rotatable bonds is 13. The Morgan fingerprint density at radius 3 is 2.03 bits per heavy atom. The van der Waals surface area contributed by atoms with Gasteiger partial charge in [-0.2, -0.15) is 0 Å². The predicted molar refractivity (Wildman–Crippen MR) is 138 cm³/mol. The highest BCUT2D eigenvalue weighted by atomic mass is 16.2. The molecule has 2 N–H and O–H groups in total. The van der Waals surface area contributed by atoms with E-state index in [0.717, 1.165) is 32.1 Å². The van der Waals surface area contributed by atoms with Crippen molar-refractivity contribution in [2.24, 2.45) is 5.92 Å². The normalized spacial score (nSPS) is 18.9. The lowest BCUT2D eigenvalue weighted by molar-refractivity contribution is -0.139. The van der Waals surface area contributed by atoms with Crippen molar-refractivity contribution in [3.05, 3.63) is 0 Å². The molecule has 2 aliphatic rings. The summed E-state index contributed by atoms with van der Waals surface area (Å²) in [5, 5.41) is 6.21. The molecule has 2 fully saturated rings. The summed E-state index contributed by atoms with van der Waals surface area (Å²) in [4.78, 5) is 42.2. The Labute approximate surface area is 207 Å². The van der Waals surface area contributed by atoms with Crippen LogP contribution in [0.5, 0.6) is 0 Å². The molecule has 1 saturated heterocycles. The van der Waals surface area contributed by atoms with Crippen molar-refractivity contribution in [3.63, 3.8) is 0 Å². The Morgan fingerprint density at radius 2 is 1.41 bits per heavy atom. The second kappa shape index (κ2) is 16.0. The van der Waals surface area contributed by atoms with Crippen LogP contribution < -0.4 is 10.6 Å². The largest absolute Gasteiger partial charge is 0.344 e. The Bertz CT molecular complexity index is 613. The van der Waals surface area contributed by atoms with Gasteiger partial charge in [-0.05, 0) is 25.2 Å². The number of amides is 4. The van der Waals surface area contributed by atoms with E-state index in [1.54, 1.807) is 0 Å². The van der Waals surface area contributed by atoms with Crippen LogP contribution in [0.25, 0.3) is 0 Å². The molecule has 0 spiro atoms. The van der Waals surface area contributed by atoms with E-state index in [-0.39, 0.29) is 23.8 Å². The van der Waals surface area contributed by atoms with Gasteiger partial charge in [0, 0.05) is 38.6 Å². The highest BCUT2D eigenvalue weighted by Crippen LogP contribution is 2.18. The molecule has 7 heteroatoms. The van der Waals surface area contributed by atoms with E-state index in [2.05, 4.69) is 24.5 Å². The lowest BCUT2D eigenvalue weighted by Gasteiger charge is -2.38. The maximum absolute atomic E-state index is 13.3. The Balaban J connectivity index is 1.75. The molecule has 0 aromatic heterocycles. The van der Waals surface area contributed by atoms with Crippen molar-refractivity contribution in [2.75, 3.05) is 26.2 Å². The zero-order chi connectivity index (χ0) is 24.8. The predicted octanol–water partition coefficient (Wildman–Crippen LogP) is 4.84. The van der Waals surface area contributed by atoms with Crippen LogP contribution in [0.4, 0.5) is 4.79 Å². The van der Waals surface area contributed by atoms with Gasteiger partial charge < -0.3 is 20.4 Å². The minimum atomic E-state index is -0.482. The number of carbonyl (C=O) groups is 3. The second-order valence-electron chi connectivity index (χ2n) is 10.4. The molecular formula is C27H50N4O3. The fourth-order valence-corrected chi connectivity index (χ4v) is 5.01. The summed E-state index contributed by atoms with van der Waals surface area (Å²) in [5.41, 5.74) is 0. The van der Waals surface area contributed by atoms with E-state index >= 15 is 0 Å². The van der Waals surface area contributed by atoms with Crippen LogP contribution in [0, 0.1) is 5.92 Å². The van der Waals surface area contributed by atoms with E-state index in [0.29, 0.717) is 38.6 Å². The lowest BCUT2D eigenvalue weighted by Crippen LogP contribution is -2.59. The molecule has 34 heavy (non-hydrogen) atoms. The zero-order valence-corrected chi connectivity index (χ0v) is 22.1. The van der Waals surface area contributed by atoms with Gasteiger partial charge in [0.15, 0.2) is 0 Å². The first-order valence-electron chi connectivity index (χ1n) is 14.1. The van der Waals surface area contributed by atoms with Gasteiger partial charge in [-0.25, -0.2) is 4.79 Å². The minimum absolute atomic E-state index is 0.000437. The van der Waals surface area contributed by atoms with Crippen molar-refractivity contribution in [1.82, 2.24) is 20.4 Å². The van der Waals surface area contributed by atoms with Crippen LogP contribution in [0.3, 0.4) is 0 Å². The molecule has 1 aliphatic carbocycles. The third-order valence-corrected chi connectivity index (χ3v) is 7.61. The van der Waals surface area contributed by atoms with Crippen LogP contribution in [0.1, 0.15) is 111 Å². The van der Waals surface area contributed by atoms with Crippen molar-refractivity contribution >= 4 is 17.8 Å². The summed E-state index contributed by atoms with van der Waals surface area (Å²) >= 11 is 0. The van der Waals surface area contributed by atoms with E-state index in [9.17, 15) is 14.4 Å². The van der Waals surface area contributed by atoms with Crippen molar-refractivity contribution in [1.29, 1.82) is 0 Å². The van der Waals surface area contributed by atoms with Crippen molar-refractivity contribution < 1.29 is 14.4 Å². The van der Waals surface area contributed by atoms with Gasteiger partial charge in [-0.15, -0.1) is 0 Å². The molecule has 0 bridgehead atoms. The van der Waals surface area contributed by atoms with E-state index in [1.807, 2.05) is 16.7 Å². The van der Waals surface area contributed by atoms with Gasteiger partial charge in [0.05, 0.1) is 0 Å². The highest BCUT2D eigenvalue weighted by Gasteiger charge is 2.32. The van der Waals surface area contributed by atoms with Crippen LogP contribution in [-0.4, -0.2) is 65.9 Å². The number of nitrogens with zero attached hydrogens (tertiary/aromatic N) is 2. The molecule has 2 unspecified atom stereocenters. The van der Waals surface area contributed by atoms with Crippen LogP contribution in [0.2, 0.25) is 0 Å². The highest BCUT2D eigenvalue weighted by molar-refractivity contribution is 5.88. The van der Waals surface area contributed by atoms with E-state index in [1.165, 1.54) is 51.4 Å². The number of urea groups is 1. The molecule has 1 saturated carbocycles. The molecule has 0 aromatic carbocycles. The molecule has 7 nitrogen and oxygen atoms in total. The number of carbonyl (C=O) groups excluding carboxylic acids is 3. The van der Waals surface area contributed by atoms with Gasteiger partial charge in [0.1, 0.15) is 6.04 Å². The summed E-state index contributed by atoms with van der Waals surface area (Å²) < 4.78 is 0. The average molecular weight is 479 g/mol. The third-order valence-electron chi connectivity index (χ3n) is 7.61. The van der Waals surface area contributed by atoms with Crippen molar-refractivity contribution in [2.45, 2.75) is 123 Å². The fraction of sp³-hybridized carbons (Fsp3) is 0.889. The smallest absolute Gasteiger partial charge is 0.317 e. The zero-order valence-electron chi connectivity index (χ0n) is 22.1. The molecule has 1 aliphatic heterocycles. The summed E-state index contributed by atoms with van der Waals surface area (Å²) in [6.45, 7) is 8.45. The topological polar surface area (TPSA) is 81.8 Å². The van der Waals surface area contributed by atoms with Gasteiger partial charge >= 0.3 is 6.03 Å². The van der Waals surface area contributed by atoms with E-state index in [4.69, 9.17) is 0 Å². The van der Waals surface area contributed by atoms with Gasteiger partial charge in [-0.3, -0.25) is 9.59 Å². The summed E-state index contributed by atoms with van der Waals surface area (Å²) in [5.74, 6) is 0.0606. The van der Waals surface area contributed by atoms with Crippen LogP contribution >= 0.6 is 0 Å². The first-order chi connectivity index (χ1) is 16.5. The van der Waals surface area contributed by atoms with Gasteiger partial charge in [0.25, 0.3) is 0 Å². The second-order valence-corrected chi connectivity index (χ2v) is 10.4. The number of nitrogens with one attached hydrogen (secondary N) is 2. The lowest BCUT2D eigenvalue weighted by atomic mass is 9.96. The Hall–Kier alpha value is -1.79. The first-order valence-corrected chi connectivity index (χ1v) is 14.1. The van der Waals surface area contributed by atoms with Gasteiger partial charge in [-0.1, -0.05) is 85.0 Å². The first kappa shape index (κ1) is 28.4. The summed E-state index contributed by atoms with van der Waals surface area (Å²) in [6.07, 6.45) is 15.3. The fourth-order valence-electron chi connectivity index (χ4n) is 5.01. The molecule has 196 valence electrons. The maximum Gasteiger partial charge on any atom is 0.317 e. The summed E-state index contributed by atoms with van der Waals surface area (Å²) in [7, 11) is 0. The third kappa shape index (κ3) is 9.83. The molecule has 4 amide bonds. The molecule has 2 atom stereocenters. The molecule has 2 rings (SSSR count). The monoisotopic (exact) mass is 478 g/mol. The standard InChI is InChI=1S/C27H50N4O3/c1-4-6-7-8-9-10-14-17-24(32)29-25(22(3)5-2)26(33)30-18-20-31(21-19-30)27(34)28-23-15-12-11-13-16-23/h22-23,25H,4-21H2,1-3H3,(H,28,34)(H,29,32). The SMILES string of the molecule is CCCCCCCCCC(=O)NC(C(=O)N1CCN(C(=O)NC2CCCCC2)CC1)C(C)CC. The number of unbranched alkanes of at least 4 members (excludes halogenated alkanes) is 6. The average Bonchev–Trinajstić information content (AvgIpc) is 2.86. The number of hydrogen-bond acceptors (Lipinski definition) is 3. The minimum Gasteiger partial charge on any atom is -0.344 e. The van der Waals surface area contributed by atoms with Crippen molar-refractivity contribution in [3.8, 4) is 0 Å².